The highest BCUT2D eigenvalue weighted by molar-refractivity contribution is 7.89. The van der Waals surface area contributed by atoms with E-state index in [1.54, 1.807) is 30.1 Å². The van der Waals surface area contributed by atoms with Crippen LogP contribution >= 0.6 is 0 Å². The summed E-state index contributed by atoms with van der Waals surface area (Å²) >= 11 is 0. The highest BCUT2D eigenvalue weighted by Gasteiger charge is 2.17. The number of rotatable bonds is 5. The van der Waals surface area contributed by atoms with Crippen LogP contribution in [0.25, 0.3) is 11.1 Å². The van der Waals surface area contributed by atoms with Crippen LogP contribution in [0.15, 0.2) is 53.4 Å². The zero-order chi connectivity index (χ0) is 17.9. The highest BCUT2D eigenvalue weighted by Crippen LogP contribution is 2.26. The fourth-order valence-corrected chi connectivity index (χ4v) is 3.25. The molecule has 0 aliphatic carbocycles. The van der Waals surface area contributed by atoms with Crippen molar-refractivity contribution in [3.05, 3.63) is 48.5 Å². The van der Waals surface area contributed by atoms with Crippen molar-refractivity contribution in [3.8, 4) is 11.1 Å². The lowest BCUT2D eigenvalue weighted by molar-refractivity contribution is -0.118. The molecule has 2 aromatic carbocycles. The van der Waals surface area contributed by atoms with Gasteiger partial charge >= 0.3 is 0 Å². The number of benzene rings is 2. The van der Waals surface area contributed by atoms with E-state index in [9.17, 15) is 13.2 Å². The molecular formula is C18H22N2O3S. The fourth-order valence-electron chi connectivity index (χ4n) is 2.31. The van der Waals surface area contributed by atoms with Gasteiger partial charge in [-0.3, -0.25) is 4.79 Å². The highest BCUT2D eigenvalue weighted by atomic mass is 32.2. The molecule has 0 aliphatic rings. The Morgan fingerprint density at radius 1 is 0.958 bits per heavy atom. The summed E-state index contributed by atoms with van der Waals surface area (Å²) < 4.78 is 25.7. The van der Waals surface area contributed by atoms with E-state index in [4.69, 9.17) is 0 Å². The topological polar surface area (TPSA) is 57.7 Å². The molecule has 0 saturated heterocycles. The minimum atomic E-state index is -3.46. The predicted octanol–water partition coefficient (Wildman–Crippen LogP) is 2.98. The van der Waals surface area contributed by atoms with E-state index in [0.717, 1.165) is 16.8 Å². The number of carbonyl (C=O) groups is 1. The number of carbonyl (C=O) groups excluding carboxylic acids is 1. The summed E-state index contributed by atoms with van der Waals surface area (Å²) in [6.45, 7) is 1.82. The van der Waals surface area contributed by atoms with E-state index in [2.05, 4.69) is 0 Å². The fraction of sp³-hybridized carbons (Fsp3) is 0.278. The van der Waals surface area contributed by atoms with Crippen LogP contribution in [0.4, 0.5) is 5.69 Å². The Bertz CT molecular complexity index is 828. The molecule has 0 aromatic heterocycles. The summed E-state index contributed by atoms with van der Waals surface area (Å²) in [6, 6.07) is 14.3. The summed E-state index contributed by atoms with van der Waals surface area (Å²) in [5.41, 5.74) is 2.52. The molecule has 0 saturated carbocycles. The molecule has 0 aliphatic heterocycles. The van der Waals surface area contributed by atoms with Crippen molar-refractivity contribution in [2.75, 3.05) is 26.0 Å². The Balaban J connectivity index is 2.35. The Morgan fingerprint density at radius 3 is 2.12 bits per heavy atom. The molecule has 0 fully saturated rings. The maximum absolute atomic E-state index is 12.2. The average molecular weight is 346 g/mol. The lowest BCUT2D eigenvalue weighted by Gasteiger charge is -2.17. The molecule has 2 aromatic rings. The Labute approximate surface area is 143 Å². The molecule has 128 valence electrons. The van der Waals surface area contributed by atoms with Crippen LogP contribution in [-0.2, 0) is 14.8 Å². The van der Waals surface area contributed by atoms with Crippen molar-refractivity contribution in [3.63, 3.8) is 0 Å². The van der Waals surface area contributed by atoms with E-state index < -0.39 is 10.0 Å². The standard InChI is InChI=1S/C18H22N2O3S/c1-5-18(21)20(4)16-11-9-14(10-12-16)15-7-6-8-17(13-15)24(22,23)19(2)3/h6-13H,5H2,1-4H3. The van der Waals surface area contributed by atoms with Gasteiger partial charge in [0, 0.05) is 33.3 Å². The van der Waals surface area contributed by atoms with Gasteiger partial charge in [-0.05, 0) is 35.4 Å². The third-order valence-electron chi connectivity index (χ3n) is 3.88. The van der Waals surface area contributed by atoms with Crippen molar-refractivity contribution in [1.29, 1.82) is 0 Å². The molecule has 0 N–H and O–H groups in total. The normalized spacial score (nSPS) is 11.5. The Morgan fingerprint density at radius 2 is 1.58 bits per heavy atom. The van der Waals surface area contributed by atoms with Crippen molar-refractivity contribution >= 4 is 21.6 Å². The molecule has 24 heavy (non-hydrogen) atoms. The first-order chi connectivity index (χ1) is 11.3. The predicted molar refractivity (Wildman–Crippen MR) is 96.5 cm³/mol. The van der Waals surface area contributed by atoms with Gasteiger partial charge in [0.15, 0.2) is 0 Å². The number of sulfonamides is 1. The van der Waals surface area contributed by atoms with E-state index in [1.807, 2.05) is 37.3 Å². The smallest absolute Gasteiger partial charge is 0.242 e. The molecule has 6 heteroatoms. The minimum absolute atomic E-state index is 0.0434. The zero-order valence-electron chi connectivity index (χ0n) is 14.4. The quantitative estimate of drug-likeness (QED) is 0.836. The molecule has 0 atom stereocenters. The minimum Gasteiger partial charge on any atom is -0.316 e. The zero-order valence-corrected chi connectivity index (χ0v) is 15.2. The first-order valence-electron chi connectivity index (χ1n) is 7.67. The summed E-state index contributed by atoms with van der Waals surface area (Å²) in [7, 11) is 1.30. The number of hydrogen-bond donors (Lipinski definition) is 0. The second kappa shape index (κ2) is 7.15. The third kappa shape index (κ3) is 3.66. The number of amides is 1. The molecular weight excluding hydrogens is 324 g/mol. The lowest BCUT2D eigenvalue weighted by Crippen LogP contribution is -2.24. The number of hydrogen-bond acceptors (Lipinski definition) is 3. The van der Waals surface area contributed by atoms with Gasteiger partial charge in [-0.15, -0.1) is 0 Å². The monoisotopic (exact) mass is 346 g/mol. The van der Waals surface area contributed by atoms with Gasteiger partial charge in [-0.25, -0.2) is 12.7 Å². The third-order valence-corrected chi connectivity index (χ3v) is 5.69. The molecule has 0 heterocycles. The van der Waals surface area contributed by atoms with Gasteiger partial charge in [-0.2, -0.15) is 0 Å². The van der Waals surface area contributed by atoms with Crippen LogP contribution in [0.3, 0.4) is 0 Å². The number of nitrogens with zero attached hydrogens (tertiary/aromatic N) is 2. The number of anilines is 1. The maximum atomic E-state index is 12.2. The van der Waals surface area contributed by atoms with Gasteiger partial charge < -0.3 is 4.90 Å². The SMILES string of the molecule is CCC(=O)N(C)c1ccc(-c2cccc(S(=O)(=O)N(C)C)c2)cc1. The van der Waals surface area contributed by atoms with Crippen LogP contribution in [0.1, 0.15) is 13.3 Å². The van der Waals surface area contributed by atoms with Gasteiger partial charge in [-0.1, -0.05) is 31.2 Å². The molecule has 0 spiro atoms. The van der Waals surface area contributed by atoms with Gasteiger partial charge in [0.2, 0.25) is 15.9 Å². The Kier molecular flexibility index (Phi) is 5.41. The second-order valence-corrected chi connectivity index (χ2v) is 7.82. The maximum Gasteiger partial charge on any atom is 0.242 e. The Hall–Kier alpha value is -2.18. The van der Waals surface area contributed by atoms with E-state index in [0.29, 0.717) is 6.42 Å². The van der Waals surface area contributed by atoms with Crippen LogP contribution < -0.4 is 4.90 Å². The van der Waals surface area contributed by atoms with Crippen molar-refractivity contribution < 1.29 is 13.2 Å². The van der Waals surface area contributed by atoms with Crippen LogP contribution in [0.5, 0.6) is 0 Å². The van der Waals surface area contributed by atoms with Crippen LogP contribution in [0, 0.1) is 0 Å². The van der Waals surface area contributed by atoms with Crippen molar-refractivity contribution in [2.24, 2.45) is 0 Å². The second-order valence-electron chi connectivity index (χ2n) is 5.67. The molecule has 2 rings (SSSR count). The summed E-state index contributed by atoms with van der Waals surface area (Å²) in [5.74, 6) is 0.0434. The molecule has 0 radical (unpaired) electrons. The van der Waals surface area contributed by atoms with Crippen molar-refractivity contribution in [1.82, 2.24) is 4.31 Å². The largest absolute Gasteiger partial charge is 0.316 e. The van der Waals surface area contributed by atoms with Crippen LogP contribution in [-0.4, -0.2) is 39.8 Å². The van der Waals surface area contributed by atoms with E-state index in [1.165, 1.54) is 18.4 Å². The lowest BCUT2D eigenvalue weighted by atomic mass is 10.1. The van der Waals surface area contributed by atoms with Gasteiger partial charge in [0.1, 0.15) is 0 Å². The molecule has 0 bridgehead atoms. The summed E-state index contributed by atoms with van der Waals surface area (Å²) in [6.07, 6.45) is 0.447. The van der Waals surface area contributed by atoms with E-state index in [-0.39, 0.29) is 10.8 Å². The van der Waals surface area contributed by atoms with Crippen LogP contribution in [0.2, 0.25) is 0 Å². The van der Waals surface area contributed by atoms with E-state index >= 15 is 0 Å². The molecule has 0 unspecified atom stereocenters. The summed E-state index contributed by atoms with van der Waals surface area (Å²) in [5, 5.41) is 0. The van der Waals surface area contributed by atoms with Gasteiger partial charge in [0.05, 0.1) is 4.90 Å². The first-order valence-corrected chi connectivity index (χ1v) is 9.11. The molecule has 1 amide bonds. The average Bonchev–Trinajstić information content (AvgIpc) is 2.60. The molecule has 5 nitrogen and oxygen atoms in total. The summed E-state index contributed by atoms with van der Waals surface area (Å²) in [4.78, 5) is 13.6. The van der Waals surface area contributed by atoms with Gasteiger partial charge in [0.25, 0.3) is 0 Å². The van der Waals surface area contributed by atoms with Crippen molar-refractivity contribution in [2.45, 2.75) is 18.2 Å². The first kappa shape index (κ1) is 18.2.